The molecule has 1 saturated carbocycles. The highest BCUT2D eigenvalue weighted by Gasteiger charge is 2.23. The zero-order chi connectivity index (χ0) is 9.10. The number of aliphatic hydroxyl groups is 1. The standard InChI is InChI=1S/C10H16N2O/c13-10-5-2-1-4-9(10)8-12-7-3-6-11-12/h3,6-7,9-10,13H,1-2,4-5,8H2. The van der Waals surface area contributed by atoms with Gasteiger partial charge in [-0.15, -0.1) is 0 Å². The predicted octanol–water partition coefficient (Wildman–Crippen LogP) is 1.43. The molecule has 1 aliphatic carbocycles. The molecule has 1 aromatic rings. The van der Waals surface area contributed by atoms with Gasteiger partial charge in [-0.3, -0.25) is 4.68 Å². The molecule has 0 spiro atoms. The molecule has 0 bridgehead atoms. The molecule has 2 atom stereocenters. The molecular formula is C10H16N2O. The van der Waals surface area contributed by atoms with Crippen molar-refractivity contribution in [3.05, 3.63) is 18.5 Å². The Labute approximate surface area is 78.4 Å². The summed E-state index contributed by atoms with van der Waals surface area (Å²) < 4.78 is 1.92. The first-order valence-corrected chi connectivity index (χ1v) is 5.02. The van der Waals surface area contributed by atoms with Crippen LogP contribution in [0.2, 0.25) is 0 Å². The van der Waals surface area contributed by atoms with Crippen molar-refractivity contribution < 1.29 is 5.11 Å². The van der Waals surface area contributed by atoms with Gasteiger partial charge in [0.2, 0.25) is 0 Å². The van der Waals surface area contributed by atoms with Crippen LogP contribution in [0, 0.1) is 5.92 Å². The third-order valence-electron chi connectivity index (χ3n) is 2.85. The summed E-state index contributed by atoms with van der Waals surface area (Å²) in [5, 5.41) is 13.9. The second-order valence-electron chi connectivity index (χ2n) is 3.84. The van der Waals surface area contributed by atoms with E-state index in [2.05, 4.69) is 5.10 Å². The number of nitrogens with zero attached hydrogens (tertiary/aromatic N) is 2. The summed E-state index contributed by atoms with van der Waals surface area (Å²) in [6.45, 7) is 0.869. The van der Waals surface area contributed by atoms with Gasteiger partial charge in [-0.05, 0) is 18.9 Å². The maximum Gasteiger partial charge on any atom is 0.0586 e. The molecule has 13 heavy (non-hydrogen) atoms. The Bertz CT molecular complexity index is 245. The molecule has 1 aliphatic rings. The summed E-state index contributed by atoms with van der Waals surface area (Å²) in [5.41, 5.74) is 0. The largest absolute Gasteiger partial charge is 0.393 e. The lowest BCUT2D eigenvalue weighted by Gasteiger charge is -2.27. The predicted molar refractivity (Wildman–Crippen MR) is 50.2 cm³/mol. The third-order valence-corrected chi connectivity index (χ3v) is 2.85. The first-order valence-electron chi connectivity index (χ1n) is 5.02. The van der Waals surface area contributed by atoms with Crippen LogP contribution in [0.3, 0.4) is 0 Å². The Balaban J connectivity index is 1.93. The van der Waals surface area contributed by atoms with Gasteiger partial charge in [0, 0.05) is 24.9 Å². The van der Waals surface area contributed by atoms with E-state index < -0.39 is 0 Å². The van der Waals surface area contributed by atoms with Gasteiger partial charge in [0.25, 0.3) is 0 Å². The van der Waals surface area contributed by atoms with Crippen LogP contribution in [0.4, 0.5) is 0 Å². The van der Waals surface area contributed by atoms with Gasteiger partial charge in [0.1, 0.15) is 0 Å². The highest BCUT2D eigenvalue weighted by molar-refractivity contribution is 4.81. The molecule has 2 unspecified atom stereocenters. The van der Waals surface area contributed by atoms with Crippen molar-refractivity contribution in [3.8, 4) is 0 Å². The number of hydrogen-bond donors (Lipinski definition) is 1. The molecule has 72 valence electrons. The Morgan fingerprint density at radius 1 is 1.38 bits per heavy atom. The van der Waals surface area contributed by atoms with Gasteiger partial charge in [-0.1, -0.05) is 12.8 Å². The molecule has 1 N–H and O–H groups in total. The van der Waals surface area contributed by atoms with Crippen LogP contribution in [-0.4, -0.2) is 21.0 Å². The van der Waals surface area contributed by atoms with Crippen molar-refractivity contribution in [1.29, 1.82) is 0 Å². The van der Waals surface area contributed by atoms with Crippen molar-refractivity contribution >= 4 is 0 Å². The Hall–Kier alpha value is -0.830. The molecule has 3 heteroatoms. The van der Waals surface area contributed by atoms with Crippen LogP contribution in [0.1, 0.15) is 25.7 Å². The lowest BCUT2D eigenvalue weighted by Crippen LogP contribution is -2.28. The second kappa shape index (κ2) is 3.92. The molecule has 1 aromatic heterocycles. The van der Waals surface area contributed by atoms with E-state index in [1.165, 1.54) is 12.8 Å². The smallest absolute Gasteiger partial charge is 0.0586 e. The fraction of sp³-hybridized carbons (Fsp3) is 0.700. The van der Waals surface area contributed by atoms with Crippen molar-refractivity contribution in [3.63, 3.8) is 0 Å². The highest BCUT2D eigenvalue weighted by Crippen LogP contribution is 2.25. The van der Waals surface area contributed by atoms with Crippen molar-refractivity contribution in [2.24, 2.45) is 5.92 Å². The van der Waals surface area contributed by atoms with E-state index in [0.29, 0.717) is 5.92 Å². The van der Waals surface area contributed by atoms with Crippen LogP contribution >= 0.6 is 0 Å². The van der Waals surface area contributed by atoms with Gasteiger partial charge in [0.05, 0.1) is 6.10 Å². The normalized spacial score (nSPS) is 29.0. The molecule has 3 nitrogen and oxygen atoms in total. The number of aromatic nitrogens is 2. The topological polar surface area (TPSA) is 38.0 Å². The van der Waals surface area contributed by atoms with Crippen LogP contribution in [0.5, 0.6) is 0 Å². The molecule has 0 aromatic carbocycles. The summed E-state index contributed by atoms with van der Waals surface area (Å²) in [5.74, 6) is 0.411. The Kier molecular flexibility index (Phi) is 2.64. The van der Waals surface area contributed by atoms with E-state index in [-0.39, 0.29) is 6.10 Å². The quantitative estimate of drug-likeness (QED) is 0.747. The van der Waals surface area contributed by atoms with Crippen molar-refractivity contribution in [2.75, 3.05) is 0 Å². The summed E-state index contributed by atoms with van der Waals surface area (Å²) in [7, 11) is 0. The molecule has 0 amide bonds. The minimum absolute atomic E-state index is 0.113. The maximum atomic E-state index is 9.73. The molecular weight excluding hydrogens is 164 g/mol. The minimum Gasteiger partial charge on any atom is -0.393 e. The van der Waals surface area contributed by atoms with Crippen LogP contribution in [-0.2, 0) is 6.54 Å². The van der Waals surface area contributed by atoms with Gasteiger partial charge in [0.15, 0.2) is 0 Å². The van der Waals surface area contributed by atoms with E-state index in [1.54, 1.807) is 6.20 Å². The lowest BCUT2D eigenvalue weighted by atomic mass is 9.86. The zero-order valence-corrected chi connectivity index (χ0v) is 7.76. The van der Waals surface area contributed by atoms with Crippen molar-refractivity contribution in [2.45, 2.75) is 38.3 Å². The Morgan fingerprint density at radius 3 is 2.92 bits per heavy atom. The van der Waals surface area contributed by atoms with Gasteiger partial charge >= 0.3 is 0 Å². The lowest BCUT2D eigenvalue weighted by molar-refractivity contribution is 0.0587. The second-order valence-corrected chi connectivity index (χ2v) is 3.84. The van der Waals surface area contributed by atoms with E-state index in [4.69, 9.17) is 0 Å². The van der Waals surface area contributed by atoms with Crippen LogP contribution < -0.4 is 0 Å². The van der Waals surface area contributed by atoms with Crippen LogP contribution in [0.25, 0.3) is 0 Å². The first-order chi connectivity index (χ1) is 6.36. The van der Waals surface area contributed by atoms with Crippen molar-refractivity contribution in [1.82, 2.24) is 9.78 Å². The fourth-order valence-electron chi connectivity index (χ4n) is 2.05. The fourth-order valence-corrected chi connectivity index (χ4v) is 2.05. The molecule has 1 heterocycles. The average molecular weight is 180 g/mol. The monoisotopic (exact) mass is 180 g/mol. The Morgan fingerprint density at radius 2 is 2.23 bits per heavy atom. The third kappa shape index (κ3) is 2.10. The summed E-state index contributed by atoms with van der Waals surface area (Å²) in [6.07, 6.45) is 8.17. The first kappa shape index (κ1) is 8.75. The van der Waals surface area contributed by atoms with E-state index >= 15 is 0 Å². The molecule has 0 saturated heterocycles. The zero-order valence-electron chi connectivity index (χ0n) is 7.76. The van der Waals surface area contributed by atoms with Gasteiger partial charge in [-0.2, -0.15) is 5.10 Å². The number of aliphatic hydroxyl groups excluding tert-OH is 1. The highest BCUT2D eigenvalue weighted by atomic mass is 16.3. The molecule has 0 aliphatic heterocycles. The van der Waals surface area contributed by atoms with E-state index in [1.807, 2.05) is 16.9 Å². The van der Waals surface area contributed by atoms with Gasteiger partial charge in [-0.25, -0.2) is 0 Å². The van der Waals surface area contributed by atoms with E-state index in [0.717, 1.165) is 19.4 Å². The molecule has 2 rings (SSSR count). The molecule has 0 radical (unpaired) electrons. The summed E-state index contributed by atoms with van der Waals surface area (Å²) in [6, 6.07) is 1.93. The number of hydrogen-bond acceptors (Lipinski definition) is 2. The minimum atomic E-state index is -0.113. The SMILES string of the molecule is OC1CCCCC1Cn1cccn1. The van der Waals surface area contributed by atoms with Crippen LogP contribution in [0.15, 0.2) is 18.5 Å². The summed E-state index contributed by atoms with van der Waals surface area (Å²) in [4.78, 5) is 0. The molecule has 1 fully saturated rings. The average Bonchev–Trinajstić information content (AvgIpc) is 2.61. The maximum absolute atomic E-state index is 9.73. The van der Waals surface area contributed by atoms with E-state index in [9.17, 15) is 5.11 Å². The summed E-state index contributed by atoms with van der Waals surface area (Å²) >= 11 is 0. The van der Waals surface area contributed by atoms with Gasteiger partial charge < -0.3 is 5.11 Å². The number of rotatable bonds is 2.